The van der Waals surface area contributed by atoms with Gasteiger partial charge in [-0.15, -0.1) is 13.0 Å². The summed E-state index contributed by atoms with van der Waals surface area (Å²) in [5.41, 5.74) is 0.618. The van der Waals surface area contributed by atoms with Gasteiger partial charge in [-0.05, 0) is 127 Å². The number of aryl methyl sites for hydroxylation is 1. The van der Waals surface area contributed by atoms with E-state index in [-0.39, 0.29) is 57.4 Å². The molecule has 1 unspecified atom stereocenters. The molecule has 0 heterocycles. The summed E-state index contributed by atoms with van der Waals surface area (Å²) in [5.74, 6) is -2.04. The third kappa shape index (κ3) is 13.9. The Morgan fingerprint density at radius 2 is 0.935 bits per heavy atom. The van der Waals surface area contributed by atoms with Crippen LogP contribution >= 0.6 is 36.1 Å². The third-order valence-corrected chi connectivity index (χ3v) is 15.9. The van der Waals surface area contributed by atoms with Gasteiger partial charge < -0.3 is 14.2 Å². The number of ether oxygens (including phenoxy) is 3. The van der Waals surface area contributed by atoms with Gasteiger partial charge >= 0.3 is 0 Å². The van der Waals surface area contributed by atoms with E-state index < -0.39 is 83.8 Å². The highest BCUT2D eigenvalue weighted by Gasteiger charge is 2.33. The van der Waals surface area contributed by atoms with Crippen LogP contribution in [0.25, 0.3) is 0 Å². The predicted molar refractivity (Wildman–Crippen MR) is 270 cm³/mol. The zero-order chi connectivity index (χ0) is 55.9. The van der Waals surface area contributed by atoms with Crippen molar-refractivity contribution in [3.05, 3.63) is 184 Å². The average Bonchev–Trinajstić information content (AvgIpc) is 3.41. The highest BCUT2D eigenvalue weighted by molar-refractivity contribution is 7.95. The Balaban J connectivity index is 1.22. The maximum atomic E-state index is 13.9. The van der Waals surface area contributed by atoms with Crippen LogP contribution in [0.5, 0.6) is 28.7 Å². The SMILES string of the molecule is COc1ccc(C(C)(c2ccc(Oc3ccc(C(=O)c4ccc(C)c(SOOO)c4)cc3S(=O)(=O)O)cc2)c2ccc(Oc3c(SOOO)cc(C(=O)c4cc(SOOO)cc(S(=O)(=O)O)c4)cc3S(=O)(=O)O)cc2)cc1. The topological polar surface area (TPSA) is 341 Å². The molecule has 0 saturated carbocycles. The van der Waals surface area contributed by atoms with E-state index in [9.17, 15) is 48.5 Å². The zero-order valence-corrected chi connectivity index (χ0v) is 44.3. The molecular weight excluding hydrogens is 1140 g/mol. The van der Waals surface area contributed by atoms with Crippen molar-refractivity contribution in [2.75, 3.05) is 7.11 Å². The average molecular weight is 1180 g/mol. The molecule has 7 aromatic rings. The lowest BCUT2D eigenvalue weighted by atomic mass is 9.71. The van der Waals surface area contributed by atoms with Gasteiger partial charge in [-0.1, -0.05) is 63.6 Å². The fraction of sp³-hybridized carbons (Fsp3) is 0.0833. The molecule has 0 saturated heterocycles. The lowest BCUT2D eigenvalue weighted by Gasteiger charge is -2.32. The second-order valence-corrected chi connectivity index (χ2v) is 22.5. The molecule has 0 aliphatic rings. The number of hydrogen-bond acceptors (Lipinski definition) is 23. The smallest absolute Gasteiger partial charge is 0.298 e. The van der Waals surface area contributed by atoms with Crippen LogP contribution in [0.1, 0.15) is 61.0 Å². The maximum absolute atomic E-state index is 13.9. The number of methoxy groups -OCH3 is 1. The van der Waals surface area contributed by atoms with E-state index in [1.54, 1.807) is 49.4 Å². The number of hydrogen-bond donors (Lipinski definition) is 6. The molecule has 29 heteroatoms. The summed E-state index contributed by atoms with van der Waals surface area (Å²) >= 11 is 1.00. The summed E-state index contributed by atoms with van der Waals surface area (Å²) in [6, 6.07) is 32.1. The first kappa shape index (κ1) is 58.4. The monoisotopic (exact) mass is 1170 g/mol. The highest BCUT2D eigenvalue weighted by atomic mass is 32.2. The Bertz CT molecular complexity index is 3670. The van der Waals surface area contributed by atoms with Crippen LogP contribution < -0.4 is 14.2 Å². The van der Waals surface area contributed by atoms with Crippen molar-refractivity contribution < 1.29 is 107 Å². The number of benzene rings is 7. The van der Waals surface area contributed by atoms with Crippen molar-refractivity contribution in [1.82, 2.24) is 0 Å². The van der Waals surface area contributed by atoms with Crippen molar-refractivity contribution in [3.8, 4) is 28.7 Å². The van der Waals surface area contributed by atoms with Crippen molar-refractivity contribution in [2.45, 2.75) is 48.6 Å². The predicted octanol–water partition coefficient (Wildman–Crippen LogP) is 10.4. The van der Waals surface area contributed by atoms with Crippen molar-refractivity contribution in [1.29, 1.82) is 0 Å². The molecule has 7 aromatic carbocycles. The van der Waals surface area contributed by atoms with Gasteiger partial charge in [-0.2, -0.15) is 25.3 Å². The number of carbonyl (C=O) groups excluding carboxylic acids is 2. The van der Waals surface area contributed by atoms with Gasteiger partial charge in [0.15, 0.2) is 17.3 Å². The van der Waals surface area contributed by atoms with Crippen molar-refractivity contribution >= 4 is 78.0 Å². The Morgan fingerprint density at radius 3 is 1.47 bits per heavy atom. The number of ketones is 2. The van der Waals surface area contributed by atoms with E-state index in [1.165, 1.54) is 55.6 Å². The fourth-order valence-electron chi connectivity index (χ4n) is 7.60. The van der Waals surface area contributed by atoms with Crippen LogP contribution in [0.2, 0.25) is 0 Å². The van der Waals surface area contributed by atoms with Gasteiger partial charge in [0.2, 0.25) is 0 Å². The second kappa shape index (κ2) is 24.6. The van der Waals surface area contributed by atoms with Crippen LogP contribution in [-0.4, -0.2) is 73.4 Å². The molecule has 77 heavy (non-hydrogen) atoms. The van der Waals surface area contributed by atoms with E-state index in [2.05, 4.69) is 28.1 Å². The first-order valence-electron chi connectivity index (χ1n) is 21.2. The molecular formula is C48H38O23S6. The Labute approximate surface area is 450 Å². The van der Waals surface area contributed by atoms with Gasteiger partial charge in [-0.3, -0.25) is 23.2 Å². The molecule has 404 valence electrons. The molecule has 7 rings (SSSR count). The first-order chi connectivity index (χ1) is 36.5. The van der Waals surface area contributed by atoms with E-state index in [0.29, 0.717) is 45.4 Å². The largest absolute Gasteiger partial charge is 0.497 e. The molecule has 0 radical (unpaired) electrons. The van der Waals surface area contributed by atoms with Crippen molar-refractivity contribution in [2.24, 2.45) is 0 Å². The summed E-state index contributed by atoms with van der Waals surface area (Å²) in [4.78, 5) is 24.7. The van der Waals surface area contributed by atoms with Gasteiger partial charge in [0.1, 0.15) is 32.8 Å². The van der Waals surface area contributed by atoms with Gasteiger partial charge in [0.05, 0.1) is 53.0 Å². The van der Waals surface area contributed by atoms with E-state index in [0.717, 1.165) is 35.9 Å². The van der Waals surface area contributed by atoms with Crippen molar-refractivity contribution in [3.63, 3.8) is 0 Å². The van der Waals surface area contributed by atoms with Crippen LogP contribution in [0.4, 0.5) is 0 Å². The van der Waals surface area contributed by atoms with Crippen LogP contribution in [0.15, 0.2) is 169 Å². The molecule has 0 spiro atoms. The lowest BCUT2D eigenvalue weighted by molar-refractivity contribution is -0.432. The fourth-order valence-corrected chi connectivity index (χ4v) is 11.0. The van der Waals surface area contributed by atoms with Gasteiger partial charge in [-0.25, -0.2) is 15.8 Å². The minimum absolute atomic E-state index is 0.0494. The summed E-state index contributed by atoms with van der Waals surface area (Å²) in [7, 11) is -13.7. The zero-order valence-electron chi connectivity index (χ0n) is 39.4. The highest BCUT2D eigenvalue weighted by Crippen LogP contribution is 2.44. The Hall–Kier alpha value is -6.30. The maximum Gasteiger partial charge on any atom is 0.298 e. The first-order valence-corrected chi connectivity index (χ1v) is 27.8. The second-order valence-electron chi connectivity index (χ2n) is 16.0. The summed E-state index contributed by atoms with van der Waals surface area (Å²) in [5, 5.41) is 37.1. The number of rotatable bonds is 24. The van der Waals surface area contributed by atoms with E-state index in [4.69, 9.17) is 30.0 Å². The Kier molecular flexibility index (Phi) is 18.6. The molecule has 0 aliphatic heterocycles. The standard InChI is InChI=1S/C48H38O23S6/c1-27-4-5-28(22-41(27)73-70-67-52)45(49)29-6-19-40(43(24-29)76(57,58)59)64-36-15-9-33(10-16-36)48(2,32-7-13-35(63-3)14-8-32)34-11-17-37(18-12-34)65-47-42(74-71-68-53)23-31(25-44(47)77(60,61)62)46(50)30-20-38(72-69-66-51)26-39(21-30)75(54,55)56/h4-26,51-53H,1-3H3,(H,54,55,56)(H,57,58,59)(H,60,61,62). The minimum Gasteiger partial charge on any atom is -0.497 e. The number of carbonyl (C=O) groups is 2. The molecule has 0 bridgehead atoms. The molecule has 1 atom stereocenters. The van der Waals surface area contributed by atoms with Gasteiger partial charge in [0, 0.05) is 37.5 Å². The molecule has 23 nitrogen and oxygen atoms in total. The van der Waals surface area contributed by atoms with E-state index in [1.807, 2.05) is 19.1 Å². The minimum atomic E-state index is -5.30. The normalized spacial score (nSPS) is 12.7. The molecule has 0 amide bonds. The summed E-state index contributed by atoms with van der Waals surface area (Å²) < 4.78 is 137. The van der Waals surface area contributed by atoms with Crippen LogP contribution in [0.3, 0.4) is 0 Å². The summed E-state index contributed by atoms with van der Waals surface area (Å²) in [6.45, 7) is 3.59. The quantitative estimate of drug-likeness (QED) is 0.00817. The van der Waals surface area contributed by atoms with Crippen LogP contribution in [-0.2, 0) is 63.9 Å². The molecule has 6 N–H and O–H groups in total. The third-order valence-electron chi connectivity index (χ3n) is 11.4. The van der Waals surface area contributed by atoms with Crippen LogP contribution in [0, 0.1) is 6.92 Å². The summed E-state index contributed by atoms with van der Waals surface area (Å²) in [6.07, 6.45) is 0. The molecule has 0 aromatic heterocycles. The molecule has 0 aliphatic carbocycles. The molecule has 0 fully saturated rings. The van der Waals surface area contributed by atoms with E-state index >= 15 is 0 Å². The lowest BCUT2D eigenvalue weighted by Crippen LogP contribution is -2.25. The Morgan fingerprint density at radius 1 is 0.481 bits per heavy atom. The van der Waals surface area contributed by atoms with Gasteiger partial charge in [0.25, 0.3) is 30.4 Å².